The highest BCUT2D eigenvalue weighted by Gasteiger charge is 2.44. The molecule has 0 radical (unpaired) electrons. The number of hydrogen-bond donors (Lipinski definition) is 1. The van der Waals surface area contributed by atoms with Crippen LogP contribution in [0.3, 0.4) is 0 Å². The minimum Gasteiger partial charge on any atom is -0.481 e. The molecule has 1 aromatic carbocycles. The van der Waals surface area contributed by atoms with E-state index in [1.165, 1.54) is 6.42 Å². The van der Waals surface area contributed by atoms with Crippen LogP contribution in [-0.2, 0) is 24.4 Å². The number of aliphatic carboxylic acids is 1. The van der Waals surface area contributed by atoms with Crippen LogP contribution >= 0.6 is 0 Å². The summed E-state index contributed by atoms with van der Waals surface area (Å²) in [5.74, 6) is -1.48. The van der Waals surface area contributed by atoms with Crippen molar-refractivity contribution in [2.45, 2.75) is 77.3 Å². The van der Waals surface area contributed by atoms with E-state index in [1.54, 1.807) is 21.1 Å². The normalized spacial score (nSPS) is 30.7. The van der Waals surface area contributed by atoms with E-state index in [4.69, 9.17) is 14.2 Å². The van der Waals surface area contributed by atoms with Gasteiger partial charge in [0, 0.05) is 25.3 Å². The molecule has 1 saturated carbocycles. The van der Waals surface area contributed by atoms with Gasteiger partial charge in [0.2, 0.25) is 0 Å². The quantitative estimate of drug-likeness (QED) is 0.779. The van der Waals surface area contributed by atoms with E-state index in [0.717, 1.165) is 41.5 Å². The molecule has 1 aliphatic carbocycles. The van der Waals surface area contributed by atoms with Gasteiger partial charge in [-0.15, -0.1) is 0 Å². The summed E-state index contributed by atoms with van der Waals surface area (Å²) >= 11 is 0. The Balaban J connectivity index is 2.22. The van der Waals surface area contributed by atoms with Gasteiger partial charge in [0.15, 0.2) is 12.6 Å². The number of benzene rings is 1. The smallest absolute Gasteiger partial charge is 0.310 e. The van der Waals surface area contributed by atoms with Crippen LogP contribution in [-0.4, -0.2) is 25.3 Å². The Kier molecular flexibility index (Phi) is 5.41. The van der Waals surface area contributed by atoms with Crippen LogP contribution in [0.1, 0.15) is 94.1 Å². The highest BCUT2D eigenvalue weighted by Crippen LogP contribution is 2.52. The number of carboxylic acid groups (broad SMARTS) is 1. The standard InChI is InChI=1S/C22H32O5/c1-13(18(23)24)16-15(22(4)11-7-10-21(2,3)12-22)9-8-14-17(16)20(26-6)27-19(14)25-5/h8-9,13,19-20H,7,10-12H2,1-6H3,(H,23,24)/t13-,19+,20+,22+/m1/s1. The molecule has 150 valence electrons. The molecule has 5 heteroatoms. The molecule has 1 aliphatic heterocycles. The lowest BCUT2D eigenvalue weighted by Crippen LogP contribution is -2.36. The molecular weight excluding hydrogens is 344 g/mol. The molecule has 0 bridgehead atoms. The molecule has 0 spiro atoms. The van der Waals surface area contributed by atoms with E-state index in [2.05, 4.69) is 26.8 Å². The average molecular weight is 376 g/mol. The first-order valence-corrected chi connectivity index (χ1v) is 9.74. The van der Waals surface area contributed by atoms with Crippen molar-refractivity contribution in [1.82, 2.24) is 0 Å². The van der Waals surface area contributed by atoms with Gasteiger partial charge in [0.05, 0.1) is 5.92 Å². The van der Waals surface area contributed by atoms with Crippen molar-refractivity contribution in [1.29, 1.82) is 0 Å². The Labute approximate surface area is 162 Å². The van der Waals surface area contributed by atoms with Crippen molar-refractivity contribution in [3.05, 3.63) is 34.4 Å². The van der Waals surface area contributed by atoms with E-state index in [0.29, 0.717) is 0 Å². The summed E-state index contributed by atoms with van der Waals surface area (Å²) in [4.78, 5) is 12.0. The maximum absolute atomic E-state index is 12.0. The van der Waals surface area contributed by atoms with Gasteiger partial charge < -0.3 is 19.3 Å². The molecular formula is C22H32O5. The van der Waals surface area contributed by atoms with Gasteiger partial charge in [-0.05, 0) is 48.1 Å². The summed E-state index contributed by atoms with van der Waals surface area (Å²) in [6, 6.07) is 4.13. The maximum Gasteiger partial charge on any atom is 0.310 e. The van der Waals surface area contributed by atoms with Crippen molar-refractivity contribution in [3.63, 3.8) is 0 Å². The van der Waals surface area contributed by atoms with Crippen LogP contribution in [0, 0.1) is 5.41 Å². The zero-order chi connectivity index (χ0) is 20.0. The molecule has 4 atom stereocenters. The van der Waals surface area contributed by atoms with E-state index in [1.807, 2.05) is 6.07 Å². The number of hydrogen-bond acceptors (Lipinski definition) is 4. The minimum absolute atomic E-state index is 0.0702. The van der Waals surface area contributed by atoms with E-state index < -0.39 is 24.5 Å². The number of methoxy groups -OCH3 is 2. The molecule has 3 rings (SSSR count). The fourth-order valence-electron chi connectivity index (χ4n) is 5.27. The van der Waals surface area contributed by atoms with Crippen LogP contribution in [0.5, 0.6) is 0 Å². The lowest BCUT2D eigenvalue weighted by atomic mass is 9.60. The molecule has 1 N–H and O–H groups in total. The predicted octanol–water partition coefficient (Wildman–Crippen LogP) is 5.05. The lowest BCUT2D eigenvalue weighted by molar-refractivity contribution is -0.217. The summed E-state index contributed by atoms with van der Waals surface area (Å²) < 4.78 is 16.9. The molecule has 2 aliphatic rings. The number of carbonyl (C=O) groups is 1. The third-order valence-electron chi connectivity index (χ3n) is 6.39. The average Bonchev–Trinajstić information content (AvgIpc) is 2.97. The van der Waals surface area contributed by atoms with Crippen LogP contribution < -0.4 is 0 Å². The van der Waals surface area contributed by atoms with Crippen LogP contribution in [0.25, 0.3) is 0 Å². The first-order valence-electron chi connectivity index (χ1n) is 9.74. The molecule has 0 amide bonds. The third kappa shape index (κ3) is 3.53. The minimum atomic E-state index is -0.834. The molecule has 1 heterocycles. The topological polar surface area (TPSA) is 65.0 Å². The predicted molar refractivity (Wildman–Crippen MR) is 103 cm³/mol. The van der Waals surface area contributed by atoms with Gasteiger partial charge in [-0.1, -0.05) is 39.3 Å². The molecule has 27 heavy (non-hydrogen) atoms. The van der Waals surface area contributed by atoms with Crippen molar-refractivity contribution < 1.29 is 24.1 Å². The number of fused-ring (bicyclic) bond motifs is 1. The largest absolute Gasteiger partial charge is 0.481 e. The zero-order valence-electron chi connectivity index (χ0n) is 17.3. The summed E-state index contributed by atoms with van der Waals surface area (Å²) in [7, 11) is 3.17. The lowest BCUT2D eigenvalue weighted by Gasteiger charge is -2.44. The van der Waals surface area contributed by atoms with Gasteiger partial charge in [0.1, 0.15) is 0 Å². The number of rotatable bonds is 5. The molecule has 0 saturated heterocycles. The van der Waals surface area contributed by atoms with Crippen LogP contribution in [0.15, 0.2) is 12.1 Å². The molecule has 0 aromatic heterocycles. The number of ether oxygens (including phenoxy) is 3. The van der Waals surface area contributed by atoms with Gasteiger partial charge in [-0.2, -0.15) is 0 Å². The van der Waals surface area contributed by atoms with Gasteiger partial charge in [0.25, 0.3) is 0 Å². The highest BCUT2D eigenvalue weighted by molar-refractivity contribution is 5.77. The van der Waals surface area contributed by atoms with Crippen LogP contribution in [0.4, 0.5) is 0 Å². The van der Waals surface area contributed by atoms with Crippen molar-refractivity contribution in [2.75, 3.05) is 14.2 Å². The monoisotopic (exact) mass is 376 g/mol. The van der Waals surface area contributed by atoms with Crippen molar-refractivity contribution >= 4 is 5.97 Å². The molecule has 5 nitrogen and oxygen atoms in total. The summed E-state index contributed by atoms with van der Waals surface area (Å²) in [6.07, 6.45) is 3.29. The fraction of sp³-hybridized carbons (Fsp3) is 0.682. The van der Waals surface area contributed by atoms with Crippen LogP contribution in [0.2, 0.25) is 0 Å². The molecule has 1 fully saturated rings. The Morgan fingerprint density at radius 3 is 2.41 bits per heavy atom. The second-order valence-electron chi connectivity index (χ2n) is 9.12. The van der Waals surface area contributed by atoms with Gasteiger partial charge >= 0.3 is 5.97 Å². The Morgan fingerprint density at radius 2 is 1.85 bits per heavy atom. The van der Waals surface area contributed by atoms with E-state index in [9.17, 15) is 9.90 Å². The summed E-state index contributed by atoms with van der Waals surface area (Å²) in [5, 5.41) is 9.85. The fourth-order valence-corrected chi connectivity index (χ4v) is 5.27. The Morgan fingerprint density at radius 1 is 1.19 bits per heavy atom. The van der Waals surface area contributed by atoms with E-state index >= 15 is 0 Å². The van der Waals surface area contributed by atoms with Gasteiger partial charge in [-0.3, -0.25) is 4.79 Å². The summed E-state index contributed by atoms with van der Waals surface area (Å²) in [5.41, 5.74) is 3.83. The van der Waals surface area contributed by atoms with Gasteiger partial charge in [-0.25, -0.2) is 0 Å². The highest BCUT2D eigenvalue weighted by atomic mass is 16.8. The SMILES string of the molecule is CO[C@H]1O[C@H](OC)c2c1ccc([C@@]1(C)CCCC(C)(C)C1)c2[C@@H](C)C(=O)O. The Bertz CT molecular complexity index is 726. The van der Waals surface area contributed by atoms with E-state index in [-0.39, 0.29) is 10.8 Å². The Hall–Kier alpha value is -1.43. The second kappa shape index (κ2) is 7.19. The van der Waals surface area contributed by atoms with Crippen molar-refractivity contribution in [3.8, 4) is 0 Å². The zero-order valence-corrected chi connectivity index (χ0v) is 17.3. The maximum atomic E-state index is 12.0. The third-order valence-corrected chi connectivity index (χ3v) is 6.39. The van der Waals surface area contributed by atoms with Crippen molar-refractivity contribution in [2.24, 2.45) is 5.41 Å². The number of carboxylic acids is 1. The first kappa shape index (κ1) is 20.3. The first-order chi connectivity index (χ1) is 12.6. The molecule has 0 unspecified atom stereocenters. The second-order valence-corrected chi connectivity index (χ2v) is 9.12. The summed E-state index contributed by atoms with van der Waals surface area (Å²) in [6.45, 7) is 8.64. The molecule has 1 aromatic rings.